The number of aliphatic hydroxyl groups is 1. The average molecular weight is 464 g/mol. The number of rotatable bonds is 4. The minimum absolute atomic E-state index is 0.123. The molecule has 1 aromatic heterocycles. The summed E-state index contributed by atoms with van der Waals surface area (Å²) in [4.78, 5) is 29.4. The molecule has 0 spiro atoms. The first-order chi connectivity index (χ1) is 14.9. The number of thiophene rings is 1. The molecule has 2 N–H and O–H groups in total. The van der Waals surface area contributed by atoms with Gasteiger partial charge < -0.3 is 25.0 Å². The largest absolute Gasteiger partial charge is 0.413 e. The molecule has 4 rings (SSSR count). The molecule has 2 atom stereocenters. The van der Waals surface area contributed by atoms with E-state index in [1.54, 1.807) is 17.0 Å². The van der Waals surface area contributed by atoms with Crippen molar-refractivity contribution in [3.8, 4) is 5.06 Å². The van der Waals surface area contributed by atoms with Crippen LogP contribution in [0.5, 0.6) is 5.06 Å². The standard InChI is InChI=1S/C22H26ClN3O4S/c1-25-8-6-14-2-3-16(10-15(14)7-9-25)21(28)26-12-17(11-18(26)13-27)24-22(29)30-20-5-4-19(23)31-20/h2-5,10,17-18,27H,6-9,11-13H2,1H3,(H,24,29). The number of carbonyl (C=O) groups excluding carboxylic acids is 2. The Bertz CT molecular complexity index is 966. The van der Waals surface area contributed by atoms with E-state index in [-0.39, 0.29) is 24.6 Å². The number of likely N-dealkylation sites (tertiary alicyclic amines) is 1. The van der Waals surface area contributed by atoms with Crippen LogP contribution < -0.4 is 10.1 Å². The normalized spacial score (nSPS) is 21.5. The number of carbonyl (C=O) groups is 2. The molecular formula is C22H26ClN3O4S. The highest BCUT2D eigenvalue weighted by molar-refractivity contribution is 7.17. The van der Waals surface area contributed by atoms with E-state index in [0.717, 1.165) is 25.9 Å². The Balaban J connectivity index is 1.41. The van der Waals surface area contributed by atoms with Gasteiger partial charge >= 0.3 is 6.09 Å². The minimum Gasteiger partial charge on any atom is -0.399 e. The third-order valence-corrected chi connectivity index (χ3v) is 7.04. The molecule has 1 aromatic carbocycles. The molecule has 31 heavy (non-hydrogen) atoms. The van der Waals surface area contributed by atoms with E-state index in [0.29, 0.717) is 27.9 Å². The molecule has 0 saturated carbocycles. The molecule has 1 saturated heterocycles. The van der Waals surface area contributed by atoms with E-state index >= 15 is 0 Å². The number of hydrogen-bond acceptors (Lipinski definition) is 6. The topological polar surface area (TPSA) is 82.1 Å². The van der Waals surface area contributed by atoms with Crippen LogP contribution in [0.3, 0.4) is 0 Å². The van der Waals surface area contributed by atoms with Gasteiger partial charge in [0.1, 0.15) is 0 Å². The van der Waals surface area contributed by atoms with Crippen molar-refractivity contribution in [2.75, 3.05) is 33.3 Å². The molecule has 2 amide bonds. The predicted octanol–water partition coefficient (Wildman–Crippen LogP) is 2.80. The third kappa shape index (κ3) is 5.20. The van der Waals surface area contributed by atoms with E-state index in [1.807, 2.05) is 18.2 Å². The molecular weight excluding hydrogens is 438 g/mol. The summed E-state index contributed by atoms with van der Waals surface area (Å²) >= 11 is 7.03. The summed E-state index contributed by atoms with van der Waals surface area (Å²) in [5.74, 6) is -0.123. The molecule has 7 nitrogen and oxygen atoms in total. The summed E-state index contributed by atoms with van der Waals surface area (Å²) in [5.41, 5.74) is 3.12. The maximum atomic E-state index is 13.2. The quantitative estimate of drug-likeness (QED) is 0.728. The molecule has 166 valence electrons. The highest BCUT2D eigenvalue weighted by atomic mass is 35.5. The summed E-state index contributed by atoms with van der Waals surface area (Å²) in [6.45, 7) is 2.15. The molecule has 2 unspecified atom stereocenters. The Morgan fingerprint density at radius 2 is 2.00 bits per heavy atom. The number of nitrogens with one attached hydrogen (secondary N) is 1. The first-order valence-electron chi connectivity index (χ1n) is 10.4. The minimum atomic E-state index is -0.594. The first kappa shape index (κ1) is 22.1. The van der Waals surface area contributed by atoms with Crippen LogP contribution in [0.1, 0.15) is 27.9 Å². The zero-order valence-corrected chi connectivity index (χ0v) is 18.9. The molecule has 2 aromatic rings. The Labute approximate surface area is 190 Å². The molecule has 0 bridgehead atoms. The van der Waals surface area contributed by atoms with Gasteiger partial charge in [-0.25, -0.2) is 4.79 Å². The monoisotopic (exact) mass is 463 g/mol. The maximum Gasteiger partial charge on any atom is 0.413 e. The van der Waals surface area contributed by atoms with Gasteiger partial charge in [0.15, 0.2) is 5.06 Å². The number of amides is 2. The fourth-order valence-corrected chi connectivity index (χ4v) is 5.09. The van der Waals surface area contributed by atoms with Gasteiger partial charge in [0.25, 0.3) is 5.91 Å². The molecule has 9 heteroatoms. The van der Waals surface area contributed by atoms with E-state index in [2.05, 4.69) is 17.3 Å². The van der Waals surface area contributed by atoms with Crippen molar-refractivity contribution >= 4 is 34.9 Å². The molecule has 2 aliphatic rings. The van der Waals surface area contributed by atoms with Gasteiger partial charge in [-0.05, 0) is 61.7 Å². The molecule has 1 fully saturated rings. The van der Waals surface area contributed by atoms with Crippen LogP contribution >= 0.6 is 22.9 Å². The van der Waals surface area contributed by atoms with Crippen LogP contribution in [-0.2, 0) is 12.8 Å². The molecule has 0 aliphatic carbocycles. The second-order valence-electron chi connectivity index (χ2n) is 8.11. The average Bonchev–Trinajstić information content (AvgIpc) is 3.30. The Hall–Kier alpha value is -2.13. The molecule has 3 heterocycles. The summed E-state index contributed by atoms with van der Waals surface area (Å²) in [5, 5.41) is 13.0. The smallest absolute Gasteiger partial charge is 0.399 e. The zero-order valence-electron chi connectivity index (χ0n) is 17.3. The summed E-state index contributed by atoms with van der Waals surface area (Å²) < 4.78 is 5.78. The lowest BCUT2D eigenvalue weighted by atomic mass is 9.99. The predicted molar refractivity (Wildman–Crippen MR) is 120 cm³/mol. The Kier molecular flexibility index (Phi) is 6.81. The van der Waals surface area contributed by atoms with Crippen molar-refractivity contribution in [1.82, 2.24) is 15.1 Å². The number of aliphatic hydroxyl groups excluding tert-OH is 1. The van der Waals surface area contributed by atoms with Gasteiger partial charge in [0, 0.05) is 25.2 Å². The summed E-state index contributed by atoms with van der Waals surface area (Å²) in [7, 11) is 2.11. The van der Waals surface area contributed by atoms with E-state index in [4.69, 9.17) is 16.3 Å². The molecule has 0 radical (unpaired) electrons. The van der Waals surface area contributed by atoms with Gasteiger partial charge in [-0.1, -0.05) is 29.0 Å². The fourth-order valence-electron chi connectivity index (χ4n) is 4.22. The van der Waals surface area contributed by atoms with Crippen LogP contribution in [0.15, 0.2) is 30.3 Å². The van der Waals surface area contributed by atoms with Crippen LogP contribution in [0, 0.1) is 0 Å². The van der Waals surface area contributed by atoms with Crippen molar-refractivity contribution in [3.63, 3.8) is 0 Å². The Morgan fingerprint density at radius 3 is 2.71 bits per heavy atom. The fraction of sp³-hybridized carbons (Fsp3) is 0.455. The van der Waals surface area contributed by atoms with E-state index in [1.165, 1.54) is 22.5 Å². The van der Waals surface area contributed by atoms with Crippen molar-refractivity contribution in [2.24, 2.45) is 0 Å². The number of likely N-dealkylation sites (N-methyl/N-ethyl adjacent to an activating group) is 1. The maximum absolute atomic E-state index is 13.2. The summed E-state index contributed by atoms with van der Waals surface area (Å²) in [6, 6.07) is 8.55. The first-order valence-corrected chi connectivity index (χ1v) is 11.6. The number of nitrogens with zero attached hydrogens (tertiary/aromatic N) is 2. The van der Waals surface area contributed by atoms with E-state index < -0.39 is 6.09 Å². The summed E-state index contributed by atoms with van der Waals surface area (Å²) in [6.07, 6.45) is 1.77. The third-order valence-electron chi connectivity index (χ3n) is 5.93. The second kappa shape index (κ2) is 9.56. The molecule has 2 aliphatic heterocycles. The Morgan fingerprint density at radius 1 is 1.23 bits per heavy atom. The van der Waals surface area contributed by atoms with Crippen LogP contribution in [-0.4, -0.2) is 72.3 Å². The number of hydrogen-bond donors (Lipinski definition) is 2. The van der Waals surface area contributed by atoms with Crippen molar-refractivity contribution < 1.29 is 19.4 Å². The van der Waals surface area contributed by atoms with Crippen molar-refractivity contribution in [3.05, 3.63) is 51.4 Å². The number of fused-ring (bicyclic) bond motifs is 1. The van der Waals surface area contributed by atoms with Gasteiger partial charge in [-0.2, -0.15) is 0 Å². The lowest BCUT2D eigenvalue weighted by Crippen LogP contribution is -2.40. The lowest BCUT2D eigenvalue weighted by molar-refractivity contribution is 0.0675. The van der Waals surface area contributed by atoms with Crippen molar-refractivity contribution in [1.29, 1.82) is 0 Å². The van der Waals surface area contributed by atoms with Crippen LogP contribution in [0.4, 0.5) is 4.79 Å². The second-order valence-corrected chi connectivity index (χ2v) is 9.78. The number of benzene rings is 1. The number of halogens is 1. The number of ether oxygens (including phenoxy) is 1. The van der Waals surface area contributed by atoms with E-state index in [9.17, 15) is 14.7 Å². The highest BCUT2D eigenvalue weighted by Crippen LogP contribution is 2.28. The highest BCUT2D eigenvalue weighted by Gasteiger charge is 2.36. The van der Waals surface area contributed by atoms with Gasteiger partial charge in [0.2, 0.25) is 0 Å². The van der Waals surface area contributed by atoms with Gasteiger partial charge in [0.05, 0.1) is 23.0 Å². The van der Waals surface area contributed by atoms with Crippen LogP contribution in [0.25, 0.3) is 0 Å². The van der Waals surface area contributed by atoms with Crippen LogP contribution in [0.2, 0.25) is 4.34 Å². The van der Waals surface area contributed by atoms with Gasteiger partial charge in [-0.3, -0.25) is 4.79 Å². The lowest BCUT2D eigenvalue weighted by Gasteiger charge is -2.23. The SMILES string of the molecule is CN1CCc2ccc(C(=O)N3CC(NC(=O)Oc4ccc(Cl)s4)CC3CO)cc2CC1. The zero-order chi connectivity index (χ0) is 22.0. The van der Waals surface area contributed by atoms with Gasteiger partial charge in [-0.15, -0.1) is 0 Å². The van der Waals surface area contributed by atoms with Crippen molar-refractivity contribution in [2.45, 2.75) is 31.3 Å².